The summed E-state index contributed by atoms with van der Waals surface area (Å²) < 4.78 is 2.05. The third-order valence-corrected chi connectivity index (χ3v) is 2.96. The molecule has 1 fully saturated rings. The summed E-state index contributed by atoms with van der Waals surface area (Å²) in [7, 11) is 0. The Morgan fingerprint density at radius 3 is 3.00 bits per heavy atom. The lowest BCUT2D eigenvalue weighted by Gasteiger charge is -2.07. The van der Waals surface area contributed by atoms with Gasteiger partial charge in [0.1, 0.15) is 6.33 Å². The number of hydrogen-bond acceptors (Lipinski definition) is 3. The van der Waals surface area contributed by atoms with Gasteiger partial charge in [0.2, 0.25) is 0 Å². The molecule has 15 heavy (non-hydrogen) atoms. The Balaban J connectivity index is 1.86. The Labute approximate surface area is 91.1 Å². The van der Waals surface area contributed by atoms with Gasteiger partial charge in [-0.3, -0.25) is 0 Å². The van der Waals surface area contributed by atoms with E-state index in [4.69, 9.17) is 0 Å². The number of nitrogens with one attached hydrogen (secondary N) is 1. The molecule has 0 amide bonds. The summed E-state index contributed by atoms with van der Waals surface area (Å²) >= 11 is 0. The Bertz CT molecular complexity index is 289. The molecule has 1 aromatic heterocycles. The van der Waals surface area contributed by atoms with Crippen LogP contribution in [0.2, 0.25) is 0 Å². The van der Waals surface area contributed by atoms with Crippen LogP contribution >= 0.6 is 0 Å². The highest BCUT2D eigenvalue weighted by molar-refractivity contribution is 4.84. The third-order valence-electron chi connectivity index (χ3n) is 2.96. The first-order valence-electron chi connectivity index (χ1n) is 6.01. The van der Waals surface area contributed by atoms with E-state index in [9.17, 15) is 0 Å². The quantitative estimate of drug-likeness (QED) is 0.751. The van der Waals surface area contributed by atoms with Gasteiger partial charge in [-0.1, -0.05) is 19.8 Å². The maximum Gasteiger partial charge on any atom is 0.164 e. The highest BCUT2D eigenvalue weighted by Crippen LogP contribution is 2.28. The molecule has 0 aromatic carbocycles. The van der Waals surface area contributed by atoms with Gasteiger partial charge in [0.25, 0.3) is 0 Å². The number of rotatable bonds is 5. The molecule has 2 rings (SSSR count). The van der Waals surface area contributed by atoms with Crippen molar-refractivity contribution in [1.82, 2.24) is 20.1 Å². The second-order valence-electron chi connectivity index (χ2n) is 4.26. The van der Waals surface area contributed by atoms with Crippen molar-refractivity contribution in [3.05, 3.63) is 12.2 Å². The minimum absolute atomic E-state index is 0.609. The highest BCUT2D eigenvalue weighted by atomic mass is 15.3. The van der Waals surface area contributed by atoms with Crippen LogP contribution in [0.5, 0.6) is 0 Å². The number of hydrogen-bond donors (Lipinski definition) is 1. The van der Waals surface area contributed by atoms with Crippen LogP contribution in [-0.2, 0) is 6.54 Å². The molecule has 84 valence electrons. The van der Waals surface area contributed by atoms with Crippen LogP contribution in [0, 0.1) is 0 Å². The molecule has 1 aromatic rings. The second-order valence-corrected chi connectivity index (χ2v) is 4.26. The van der Waals surface area contributed by atoms with Crippen molar-refractivity contribution >= 4 is 0 Å². The van der Waals surface area contributed by atoms with Crippen LogP contribution in [0.15, 0.2) is 6.33 Å². The Morgan fingerprint density at radius 1 is 1.47 bits per heavy atom. The zero-order valence-electron chi connectivity index (χ0n) is 9.45. The molecular formula is C11H20N4. The Morgan fingerprint density at radius 2 is 2.27 bits per heavy atom. The zero-order chi connectivity index (χ0) is 10.5. The van der Waals surface area contributed by atoms with E-state index < -0.39 is 0 Å². The monoisotopic (exact) mass is 208 g/mol. The van der Waals surface area contributed by atoms with Gasteiger partial charge in [-0.15, -0.1) is 0 Å². The second kappa shape index (κ2) is 5.26. The summed E-state index contributed by atoms with van der Waals surface area (Å²) in [6, 6.07) is 0.609. The van der Waals surface area contributed by atoms with Gasteiger partial charge in [-0.25, -0.2) is 9.67 Å². The minimum Gasteiger partial charge on any atom is -0.310 e. The van der Waals surface area contributed by atoms with E-state index in [0.717, 1.165) is 25.3 Å². The smallest absolute Gasteiger partial charge is 0.164 e. The molecule has 1 aliphatic carbocycles. The molecule has 1 N–H and O–H groups in total. The van der Waals surface area contributed by atoms with E-state index in [0.29, 0.717) is 6.04 Å². The molecule has 1 heterocycles. The molecule has 4 heteroatoms. The van der Waals surface area contributed by atoms with Gasteiger partial charge in [0.05, 0.1) is 12.6 Å². The summed E-state index contributed by atoms with van der Waals surface area (Å²) in [5, 5.41) is 7.82. The van der Waals surface area contributed by atoms with E-state index >= 15 is 0 Å². The molecule has 0 aliphatic heterocycles. The molecule has 0 spiro atoms. The van der Waals surface area contributed by atoms with Crippen molar-refractivity contribution in [2.45, 2.75) is 51.6 Å². The molecule has 4 nitrogen and oxygen atoms in total. The number of nitrogens with zero attached hydrogens (tertiary/aromatic N) is 3. The standard InChI is InChI=1S/C11H20N4/c1-2-7-12-8-11-13-9-15(14-11)10-5-3-4-6-10/h9-10,12H,2-8H2,1H3. The summed E-state index contributed by atoms with van der Waals surface area (Å²) in [5.41, 5.74) is 0. The molecule has 0 radical (unpaired) electrons. The minimum atomic E-state index is 0.609. The average Bonchev–Trinajstić information content (AvgIpc) is 2.87. The summed E-state index contributed by atoms with van der Waals surface area (Å²) in [4.78, 5) is 4.32. The maximum absolute atomic E-state index is 4.51. The fourth-order valence-electron chi connectivity index (χ4n) is 2.11. The topological polar surface area (TPSA) is 42.7 Å². The summed E-state index contributed by atoms with van der Waals surface area (Å²) in [5.74, 6) is 0.926. The normalized spacial score (nSPS) is 17.4. The van der Waals surface area contributed by atoms with Crippen molar-refractivity contribution in [3.8, 4) is 0 Å². The fraction of sp³-hybridized carbons (Fsp3) is 0.818. The lowest BCUT2D eigenvalue weighted by Crippen LogP contribution is -2.15. The predicted octanol–water partition coefficient (Wildman–Crippen LogP) is 1.89. The largest absolute Gasteiger partial charge is 0.310 e. The van der Waals surface area contributed by atoms with Crippen molar-refractivity contribution in [2.24, 2.45) is 0 Å². The Hall–Kier alpha value is -0.900. The Kier molecular flexibility index (Phi) is 3.72. The lowest BCUT2D eigenvalue weighted by atomic mass is 10.3. The molecule has 1 aliphatic rings. The van der Waals surface area contributed by atoms with Crippen molar-refractivity contribution in [3.63, 3.8) is 0 Å². The third kappa shape index (κ3) is 2.78. The first kappa shape index (κ1) is 10.6. The van der Waals surface area contributed by atoms with Crippen LogP contribution in [0.25, 0.3) is 0 Å². The van der Waals surface area contributed by atoms with Crippen LogP contribution in [-0.4, -0.2) is 21.3 Å². The first-order valence-corrected chi connectivity index (χ1v) is 6.01. The SMILES string of the molecule is CCCNCc1ncn(C2CCCC2)n1. The van der Waals surface area contributed by atoms with Crippen molar-refractivity contribution in [2.75, 3.05) is 6.54 Å². The van der Waals surface area contributed by atoms with E-state index in [-0.39, 0.29) is 0 Å². The lowest BCUT2D eigenvalue weighted by molar-refractivity contribution is 0.460. The number of aromatic nitrogens is 3. The van der Waals surface area contributed by atoms with Gasteiger partial charge in [-0.2, -0.15) is 5.10 Å². The molecule has 0 bridgehead atoms. The summed E-state index contributed by atoms with van der Waals surface area (Å²) in [6.45, 7) is 4.00. The molecule has 1 saturated carbocycles. The van der Waals surface area contributed by atoms with Crippen LogP contribution in [0.4, 0.5) is 0 Å². The van der Waals surface area contributed by atoms with E-state index in [1.165, 1.54) is 25.7 Å². The van der Waals surface area contributed by atoms with Crippen LogP contribution in [0.1, 0.15) is 50.9 Å². The molecule has 0 unspecified atom stereocenters. The van der Waals surface area contributed by atoms with Crippen LogP contribution in [0.3, 0.4) is 0 Å². The fourth-order valence-corrected chi connectivity index (χ4v) is 2.11. The predicted molar refractivity (Wildman–Crippen MR) is 59.5 cm³/mol. The summed E-state index contributed by atoms with van der Waals surface area (Å²) in [6.07, 6.45) is 8.26. The zero-order valence-corrected chi connectivity index (χ0v) is 9.45. The van der Waals surface area contributed by atoms with Gasteiger partial charge < -0.3 is 5.32 Å². The van der Waals surface area contributed by atoms with Gasteiger partial charge >= 0.3 is 0 Å². The molecule has 0 atom stereocenters. The molecule has 0 saturated heterocycles. The van der Waals surface area contributed by atoms with Crippen molar-refractivity contribution in [1.29, 1.82) is 0 Å². The maximum atomic E-state index is 4.51. The van der Waals surface area contributed by atoms with Gasteiger partial charge in [-0.05, 0) is 25.8 Å². The van der Waals surface area contributed by atoms with Gasteiger partial charge in [0, 0.05) is 0 Å². The first-order chi connectivity index (χ1) is 7.40. The van der Waals surface area contributed by atoms with Crippen LogP contribution < -0.4 is 5.32 Å². The highest BCUT2D eigenvalue weighted by Gasteiger charge is 2.17. The van der Waals surface area contributed by atoms with Crippen molar-refractivity contribution < 1.29 is 0 Å². The average molecular weight is 208 g/mol. The van der Waals surface area contributed by atoms with E-state index in [1.807, 2.05) is 6.33 Å². The van der Waals surface area contributed by atoms with E-state index in [2.05, 4.69) is 27.0 Å². The van der Waals surface area contributed by atoms with E-state index in [1.54, 1.807) is 0 Å². The molecular weight excluding hydrogens is 188 g/mol. The van der Waals surface area contributed by atoms with Gasteiger partial charge in [0.15, 0.2) is 5.82 Å².